The normalized spacial score (nSPS) is 16.5. The molecule has 0 radical (unpaired) electrons. The quantitative estimate of drug-likeness (QED) is 0.641. The van der Waals surface area contributed by atoms with Crippen LogP contribution in [0.1, 0.15) is 40.5 Å². The first kappa shape index (κ1) is 11.9. The minimum absolute atomic E-state index is 0.249. The lowest BCUT2D eigenvalue weighted by Gasteiger charge is -2.21. The van der Waals surface area contributed by atoms with Crippen LogP contribution >= 0.6 is 0 Å². The van der Waals surface area contributed by atoms with Crippen molar-refractivity contribution in [3.05, 3.63) is 0 Å². The predicted molar refractivity (Wildman–Crippen MR) is 53.2 cm³/mol. The molecule has 0 heterocycles. The molecule has 0 aromatic rings. The molecule has 0 spiro atoms. The van der Waals surface area contributed by atoms with Crippen molar-refractivity contribution >= 4 is 0 Å². The maximum Gasteiger partial charge on any atom is 0.0584 e. The summed E-state index contributed by atoms with van der Waals surface area (Å²) in [6, 6.07) is 0.792. The maximum atomic E-state index is 8.95. The monoisotopic (exact) mass is 173 g/mol. The molecule has 2 N–H and O–H groups in total. The SMILES string of the molecule is CC[C@@H](CO)N[C@@H](C)CC(C)C. The Hall–Kier alpha value is -0.0800. The van der Waals surface area contributed by atoms with E-state index in [2.05, 4.69) is 33.0 Å². The summed E-state index contributed by atoms with van der Waals surface area (Å²) in [4.78, 5) is 0. The molecule has 2 nitrogen and oxygen atoms in total. The van der Waals surface area contributed by atoms with Gasteiger partial charge in [0.15, 0.2) is 0 Å². The van der Waals surface area contributed by atoms with Crippen molar-refractivity contribution in [3.8, 4) is 0 Å². The van der Waals surface area contributed by atoms with Crippen LogP contribution in [-0.2, 0) is 0 Å². The third-order valence-corrected chi connectivity index (χ3v) is 2.06. The van der Waals surface area contributed by atoms with Gasteiger partial charge in [-0.25, -0.2) is 0 Å². The van der Waals surface area contributed by atoms with E-state index in [0.717, 1.165) is 12.3 Å². The Labute approximate surface area is 76.4 Å². The molecule has 0 saturated carbocycles. The highest BCUT2D eigenvalue weighted by Crippen LogP contribution is 2.05. The summed E-state index contributed by atoms with van der Waals surface area (Å²) in [6.07, 6.45) is 2.18. The topological polar surface area (TPSA) is 32.3 Å². The average Bonchev–Trinajstić information content (AvgIpc) is 1.98. The Morgan fingerprint density at radius 2 is 1.83 bits per heavy atom. The van der Waals surface area contributed by atoms with Crippen molar-refractivity contribution in [2.24, 2.45) is 5.92 Å². The number of hydrogen-bond donors (Lipinski definition) is 2. The molecule has 0 unspecified atom stereocenters. The minimum atomic E-state index is 0.249. The van der Waals surface area contributed by atoms with E-state index in [1.54, 1.807) is 0 Å². The summed E-state index contributed by atoms with van der Waals surface area (Å²) in [5.74, 6) is 0.726. The largest absolute Gasteiger partial charge is 0.395 e. The number of nitrogens with one attached hydrogen (secondary N) is 1. The number of hydrogen-bond acceptors (Lipinski definition) is 2. The van der Waals surface area contributed by atoms with Gasteiger partial charge in [0.1, 0.15) is 0 Å². The van der Waals surface area contributed by atoms with E-state index in [-0.39, 0.29) is 12.6 Å². The fourth-order valence-electron chi connectivity index (χ4n) is 1.48. The molecule has 0 aromatic carbocycles. The molecule has 2 atom stereocenters. The van der Waals surface area contributed by atoms with E-state index in [1.807, 2.05) is 0 Å². The first-order valence-electron chi connectivity index (χ1n) is 4.97. The number of rotatable bonds is 6. The van der Waals surface area contributed by atoms with Crippen LogP contribution in [0.15, 0.2) is 0 Å². The highest BCUT2D eigenvalue weighted by atomic mass is 16.3. The van der Waals surface area contributed by atoms with Gasteiger partial charge in [0.25, 0.3) is 0 Å². The number of aliphatic hydroxyl groups is 1. The summed E-state index contributed by atoms with van der Waals surface area (Å²) < 4.78 is 0. The highest BCUT2D eigenvalue weighted by molar-refractivity contribution is 4.70. The van der Waals surface area contributed by atoms with Gasteiger partial charge >= 0.3 is 0 Å². The predicted octanol–water partition coefficient (Wildman–Crippen LogP) is 1.78. The molecule has 0 rings (SSSR count). The van der Waals surface area contributed by atoms with Crippen LogP contribution < -0.4 is 5.32 Å². The summed E-state index contributed by atoms with van der Waals surface area (Å²) in [6.45, 7) is 8.96. The van der Waals surface area contributed by atoms with Gasteiger partial charge in [-0.2, -0.15) is 0 Å². The maximum absolute atomic E-state index is 8.95. The molecule has 0 aromatic heterocycles. The van der Waals surface area contributed by atoms with Crippen molar-refractivity contribution < 1.29 is 5.11 Å². The molecule has 2 heteroatoms. The zero-order chi connectivity index (χ0) is 9.56. The van der Waals surface area contributed by atoms with Crippen LogP contribution in [0.2, 0.25) is 0 Å². The summed E-state index contributed by atoms with van der Waals surface area (Å²) in [5, 5.41) is 12.3. The van der Waals surface area contributed by atoms with Gasteiger partial charge < -0.3 is 10.4 Å². The molecular weight excluding hydrogens is 150 g/mol. The second kappa shape index (κ2) is 6.44. The Morgan fingerprint density at radius 1 is 1.25 bits per heavy atom. The van der Waals surface area contributed by atoms with Crippen molar-refractivity contribution in [2.45, 2.75) is 52.6 Å². The van der Waals surface area contributed by atoms with Crippen LogP contribution in [0.25, 0.3) is 0 Å². The zero-order valence-corrected chi connectivity index (χ0v) is 8.80. The van der Waals surface area contributed by atoms with Crippen molar-refractivity contribution in [3.63, 3.8) is 0 Å². The van der Waals surface area contributed by atoms with Crippen molar-refractivity contribution in [1.82, 2.24) is 5.32 Å². The molecule has 74 valence electrons. The fourth-order valence-corrected chi connectivity index (χ4v) is 1.48. The van der Waals surface area contributed by atoms with E-state index in [1.165, 1.54) is 6.42 Å². The Bertz CT molecular complexity index is 100. The van der Waals surface area contributed by atoms with Gasteiger partial charge in [-0.05, 0) is 25.7 Å². The molecule has 0 bridgehead atoms. The summed E-state index contributed by atoms with van der Waals surface area (Å²) in [5.41, 5.74) is 0. The zero-order valence-electron chi connectivity index (χ0n) is 8.80. The van der Waals surface area contributed by atoms with Crippen LogP contribution in [0.5, 0.6) is 0 Å². The lowest BCUT2D eigenvalue weighted by atomic mass is 10.0. The third kappa shape index (κ3) is 5.56. The molecule has 0 aliphatic rings. The van der Waals surface area contributed by atoms with Gasteiger partial charge in [0.2, 0.25) is 0 Å². The molecule has 0 aliphatic carbocycles. The standard InChI is InChI=1S/C10H23NO/c1-5-10(7-12)11-9(4)6-8(2)3/h8-12H,5-7H2,1-4H3/t9-,10-/m0/s1. The molecule has 0 amide bonds. The van der Waals surface area contributed by atoms with Crippen LogP contribution in [0, 0.1) is 5.92 Å². The lowest BCUT2D eigenvalue weighted by Crippen LogP contribution is -2.39. The first-order valence-corrected chi connectivity index (χ1v) is 4.97. The van der Waals surface area contributed by atoms with Gasteiger partial charge in [-0.1, -0.05) is 20.8 Å². The molecule has 0 aliphatic heterocycles. The third-order valence-electron chi connectivity index (χ3n) is 2.06. The van der Waals surface area contributed by atoms with E-state index in [4.69, 9.17) is 5.11 Å². The molecule has 0 fully saturated rings. The Kier molecular flexibility index (Phi) is 6.39. The van der Waals surface area contributed by atoms with Crippen LogP contribution in [0.3, 0.4) is 0 Å². The first-order chi connectivity index (χ1) is 5.60. The van der Waals surface area contributed by atoms with Crippen molar-refractivity contribution in [2.75, 3.05) is 6.61 Å². The Morgan fingerprint density at radius 3 is 2.17 bits per heavy atom. The molecule has 0 saturated heterocycles. The second-order valence-electron chi connectivity index (χ2n) is 3.99. The number of aliphatic hydroxyl groups excluding tert-OH is 1. The highest BCUT2D eigenvalue weighted by Gasteiger charge is 2.09. The van der Waals surface area contributed by atoms with E-state index in [9.17, 15) is 0 Å². The van der Waals surface area contributed by atoms with Gasteiger partial charge in [-0.15, -0.1) is 0 Å². The van der Waals surface area contributed by atoms with Gasteiger partial charge in [0.05, 0.1) is 6.61 Å². The van der Waals surface area contributed by atoms with Gasteiger partial charge in [-0.3, -0.25) is 0 Å². The molecule has 12 heavy (non-hydrogen) atoms. The second-order valence-corrected chi connectivity index (χ2v) is 3.99. The smallest absolute Gasteiger partial charge is 0.0584 e. The fraction of sp³-hybridized carbons (Fsp3) is 1.00. The van der Waals surface area contributed by atoms with E-state index >= 15 is 0 Å². The minimum Gasteiger partial charge on any atom is -0.395 e. The van der Waals surface area contributed by atoms with E-state index in [0.29, 0.717) is 6.04 Å². The molecular formula is C10H23NO. The lowest BCUT2D eigenvalue weighted by molar-refractivity contribution is 0.224. The summed E-state index contributed by atoms with van der Waals surface area (Å²) >= 11 is 0. The van der Waals surface area contributed by atoms with Crippen molar-refractivity contribution in [1.29, 1.82) is 0 Å². The van der Waals surface area contributed by atoms with Crippen LogP contribution in [-0.4, -0.2) is 23.8 Å². The van der Waals surface area contributed by atoms with Gasteiger partial charge in [0, 0.05) is 12.1 Å². The Balaban J connectivity index is 3.58. The van der Waals surface area contributed by atoms with E-state index < -0.39 is 0 Å². The summed E-state index contributed by atoms with van der Waals surface area (Å²) in [7, 11) is 0. The van der Waals surface area contributed by atoms with Crippen LogP contribution in [0.4, 0.5) is 0 Å². The average molecular weight is 173 g/mol.